The average molecular weight is 249 g/mol. The summed E-state index contributed by atoms with van der Waals surface area (Å²) in [5, 5.41) is 0. The summed E-state index contributed by atoms with van der Waals surface area (Å²) in [6.07, 6.45) is 2.08. The summed E-state index contributed by atoms with van der Waals surface area (Å²) in [6.45, 7) is 2.76. The summed E-state index contributed by atoms with van der Waals surface area (Å²) in [6, 6.07) is 6.66. The number of ketones is 1. The third-order valence-corrected chi connectivity index (χ3v) is 2.48. The van der Waals surface area contributed by atoms with Crippen LogP contribution >= 0.6 is 0 Å². The molecule has 0 saturated carbocycles. The maximum Gasteiger partial charge on any atom is 0.294 e. The molecule has 0 radical (unpaired) electrons. The molecule has 0 bridgehead atoms. The van der Waals surface area contributed by atoms with Crippen LogP contribution in [0.2, 0.25) is 0 Å². The lowest BCUT2D eigenvalue weighted by molar-refractivity contribution is -0.124. The van der Waals surface area contributed by atoms with E-state index in [0.29, 0.717) is 12.2 Å². The average Bonchev–Trinajstić information content (AvgIpc) is 2.38. The van der Waals surface area contributed by atoms with Crippen LogP contribution in [0.1, 0.15) is 30.1 Å². The molecule has 0 heterocycles. The minimum absolute atomic E-state index is 0.386. The first-order valence-electron chi connectivity index (χ1n) is 6.05. The van der Waals surface area contributed by atoms with Crippen LogP contribution < -0.4 is 4.74 Å². The zero-order chi connectivity index (χ0) is 13.5. The third kappa shape index (κ3) is 3.87. The number of carbonyl (C=O) groups is 2. The highest BCUT2D eigenvalue weighted by Crippen LogP contribution is 2.13. The Labute approximate surface area is 108 Å². The van der Waals surface area contributed by atoms with Crippen molar-refractivity contribution >= 4 is 11.7 Å². The van der Waals surface area contributed by atoms with Crippen LogP contribution in [-0.2, 0) is 4.79 Å². The molecule has 0 aliphatic carbocycles. The van der Waals surface area contributed by atoms with Gasteiger partial charge in [-0.05, 0) is 30.7 Å². The SMILES string of the molecule is CCCCOc1ccc(C(=O)C(=O)N(C)C)cc1. The molecule has 18 heavy (non-hydrogen) atoms. The maximum absolute atomic E-state index is 11.7. The number of ether oxygens (including phenoxy) is 1. The Bertz CT molecular complexity index is 410. The number of amides is 1. The Morgan fingerprint density at radius 3 is 2.28 bits per heavy atom. The first kappa shape index (κ1) is 14.2. The highest BCUT2D eigenvalue weighted by atomic mass is 16.5. The molecule has 98 valence electrons. The summed E-state index contributed by atoms with van der Waals surface area (Å²) < 4.78 is 5.48. The molecule has 1 rings (SSSR count). The van der Waals surface area contributed by atoms with Crippen molar-refractivity contribution in [1.29, 1.82) is 0 Å². The van der Waals surface area contributed by atoms with Gasteiger partial charge in [-0.1, -0.05) is 13.3 Å². The van der Waals surface area contributed by atoms with Crippen molar-refractivity contribution < 1.29 is 14.3 Å². The van der Waals surface area contributed by atoms with Crippen LogP contribution in [0.3, 0.4) is 0 Å². The number of benzene rings is 1. The molecule has 0 unspecified atom stereocenters. The van der Waals surface area contributed by atoms with Crippen molar-refractivity contribution in [3.05, 3.63) is 29.8 Å². The Kier molecular flexibility index (Phi) is 5.36. The largest absolute Gasteiger partial charge is 0.494 e. The smallest absolute Gasteiger partial charge is 0.294 e. The van der Waals surface area contributed by atoms with Crippen LogP contribution in [0.5, 0.6) is 5.75 Å². The molecule has 0 spiro atoms. The maximum atomic E-state index is 11.7. The molecule has 0 N–H and O–H groups in total. The minimum Gasteiger partial charge on any atom is -0.494 e. The van der Waals surface area contributed by atoms with Gasteiger partial charge in [0, 0.05) is 19.7 Å². The van der Waals surface area contributed by atoms with E-state index in [1.165, 1.54) is 4.90 Å². The van der Waals surface area contributed by atoms with Gasteiger partial charge in [-0.3, -0.25) is 9.59 Å². The summed E-state index contributed by atoms with van der Waals surface area (Å²) in [7, 11) is 3.12. The number of likely N-dealkylation sites (N-methyl/N-ethyl adjacent to an activating group) is 1. The quantitative estimate of drug-likeness (QED) is 0.441. The van der Waals surface area contributed by atoms with Crippen LogP contribution in [0, 0.1) is 0 Å². The van der Waals surface area contributed by atoms with Gasteiger partial charge >= 0.3 is 0 Å². The van der Waals surface area contributed by atoms with Gasteiger partial charge in [0.25, 0.3) is 5.91 Å². The normalized spacial score (nSPS) is 9.94. The molecule has 0 fully saturated rings. The molecule has 0 saturated heterocycles. The third-order valence-electron chi connectivity index (χ3n) is 2.48. The molecular formula is C14H19NO3. The number of Topliss-reactive ketones (excluding diaryl/α,β-unsaturated/α-hetero) is 1. The van der Waals surface area contributed by atoms with E-state index in [0.717, 1.165) is 18.6 Å². The van der Waals surface area contributed by atoms with Crippen LogP contribution in [0.25, 0.3) is 0 Å². The lowest BCUT2D eigenvalue weighted by Crippen LogP contribution is -2.29. The summed E-state index contributed by atoms with van der Waals surface area (Å²) in [5.74, 6) is -0.299. The van der Waals surface area contributed by atoms with Crippen molar-refractivity contribution in [1.82, 2.24) is 4.90 Å². The van der Waals surface area contributed by atoms with Gasteiger partial charge < -0.3 is 9.64 Å². The fourth-order valence-corrected chi connectivity index (χ4v) is 1.36. The van der Waals surface area contributed by atoms with E-state index >= 15 is 0 Å². The van der Waals surface area contributed by atoms with E-state index in [-0.39, 0.29) is 0 Å². The molecule has 4 nitrogen and oxygen atoms in total. The Morgan fingerprint density at radius 1 is 1.17 bits per heavy atom. The monoisotopic (exact) mass is 249 g/mol. The molecule has 1 aromatic rings. The first-order valence-corrected chi connectivity index (χ1v) is 6.05. The van der Waals surface area contributed by atoms with E-state index in [4.69, 9.17) is 4.74 Å². The molecule has 0 atom stereocenters. The van der Waals surface area contributed by atoms with E-state index in [1.54, 1.807) is 38.4 Å². The van der Waals surface area contributed by atoms with Crippen LogP contribution in [-0.4, -0.2) is 37.3 Å². The number of carbonyl (C=O) groups excluding carboxylic acids is 2. The van der Waals surface area contributed by atoms with Gasteiger partial charge in [0.2, 0.25) is 5.78 Å². The van der Waals surface area contributed by atoms with Gasteiger partial charge in [0.1, 0.15) is 5.75 Å². The van der Waals surface area contributed by atoms with E-state index < -0.39 is 11.7 Å². The zero-order valence-corrected chi connectivity index (χ0v) is 11.1. The van der Waals surface area contributed by atoms with Crippen molar-refractivity contribution in [3.8, 4) is 5.75 Å². The van der Waals surface area contributed by atoms with Gasteiger partial charge in [-0.15, -0.1) is 0 Å². The van der Waals surface area contributed by atoms with E-state index in [1.807, 2.05) is 0 Å². The van der Waals surface area contributed by atoms with Crippen molar-refractivity contribution in [2.75, 3.05) is 20.7 Å². The second kappa shape index (κ2) is 6.79. The Balaban J connectivity index is 2.65. The fourth-order valence-electron chi connectivity index (χ4n) is 1.36. The van der Waals surface area contributed by atoms with Crippen LogP contribution in [0.4, 0.5) is 0 Å². The molecule has 0 aliphatic heterocycles. The fraction of sp³-hybridized carbons (Fsp3) is 0.429. The summed E-state index contributed by atoms with van der Waals surface area (Å²) in [5.41, 5.74) is 0.386. The lowest BCUT2D eigenvalue weighted by Gasteiger charge is -2.09. The predicted molar refractivity (Wildman–Crippen MR) is 69.9 cm³/mol. The molecular weight excluding hydrogens is 230 g/mol. The number of rotatable bonds is 6. The van der Waals surface area contributed by atoms with Gasteiger partial charge in [0.05, 0.1) is 6.61 Å². The van der Waals surface area contributed by atoms with Gasteiger partial charge in [0.15, 0.2) is 0 Å². The molecule has 1 aromatic carbocycles. The lowest BCUT2D eigenvalue weighted by atomic mass is 10.1. The van der Waals surface area contributed by atoms with Crippen molar-refractivity contribution in [2.24, 2.45) is 0 Å². The Morgan fingerprint density at radius 2 is 1.78 bits per heavy atom. The zero-order valence-electron chi connectivity index (χ0n) is 11.1. The Hall–Kier alpha value is -1.84. The highest BCUT2D eigenvalue weighted by Gasteiger charge is 2.17. The highest BCUT2D eigenvalue weighted by molar-refractivity contribution is 6.42. The molecule has 0 aromatic heterocycles. The molecule has 4 heteroatoms. The number of nitrogens with zero attached hydrogens (tertiary/aromatic N) is 1. The van der Waals surface area contributed by atoms with Crippen LogP contribution in [0.15, 0.2) is 24.3 Å². The van der Waals surface area contributed by atoms with Gasteiger partial charge in [-0.25, -0.2) is 0 Å². The molecule has 0 aliphatic rings. The number of hydrogen-bond donors (Lipinski definition) is 0. The van der Waals surface area contributed by atoms with Crippen molar-refractivity contribution in [2.45, 2.75) is 19.8 Å². The standard InChI is InChI=1S/C14H19NO3/c1-4-5-10-18-12-8-6-11(7-9-12)13(16)14(17)15(2)3/h6-9H,4-5,10H2,1-3H3. The first-order chi connectivity index (χ1) is 8.56. The number of unbranched alkanes of at least 4 members (excludes halogenated alkanes) is 1. The summed E-state index contributed by atoms with van der Waals surface area (Å²) in [4.78, 5) is 24.5. The summed E-state index contributed by atoms with van der Waals surface area (Å²) >= 11 is 0. The molecule has 1 amide bonds. The van der Waals surface area contributed by atoms with E-state index in [2.05, 4.69) is 6.92 Å². The second-order valence-corrected chi connectivity index (χ2v) is 4.26. The number of hydrogen-bond acceptors (Lipinski definition) is 3. The van der Waals surface area contributed by atoms with E-state index in [9.17, 15) is 9.59 Å². The second-order valence-electron chi connectivity index (χ2n) is 4.26. The van der Waals surface area contributed by atoms with Crippen molar-refractivity contribution in [3.63, 3.8) is 0 Å². The topological polar surface area (TPSA) is 46.6 Å². The van der Waals surface area contributed by atoms with Gasteiger partial charge in [-0.2, -0.15) is 0 Å². The predicted octanol–water partition coefficient (Wildman–Crippen LogP) is 2.14. The minimum atomic E-state index is -0.519.